The van der Waals surface area contributed by atoms with Crippen LogP contribution in [0.15, 0.2) is 76.1 Å². The van der Waals surface area contributed by atoms with Crippen molar-refractivity contribution in [3.63, 3.8) is 0 Å². The molecule has 3 aromatic heterocycles. The molecule has 10 heteroatoms. The van der Waals surface area contributed by atoms with Crippen LogP contribution in [0, 0.1) is 11.7 Å². The number of furan rings is 1. The van der Waals surface area contributed by atoms with Gasteiger partial charge in [-0.1, -0.05) is 26.0 Å². The lowest BCUT2D eigenvalue weighted by molar-refractivity contribution is 0.125. The molecule has 0 unspecified atom stereocenters. The number of pyridine rings is 1. The van der Waals surface area contributed by atoms with Gasteiger partial charge in [0.15, 0.2) is 5.82 Å². The van der Waals surface area contributed by atoms with E-state index in [4.69, 9.17) is 9.15 Å². The summed E-state index contributed by atoms with van der Waals surface area (Å²) < 4.78 is 26.3. The molecule has 0 aliphatic rings. The Bertz CT molecular complexity index is 1560. The van der Waals surface area contributed by atoms with Gasteiger partial charge in [0.25, 0.3) is 5.56 Å². The number of ether oxygens (including phenoxy) is 1. The summed E-state index contributed by atoms with van der Waals surface area (Å²) in [6, 6.07) is 17.2. The topological polar surface area (TPSA) is 102 Å². The molecule has 38 heavy (non-hydrogen) atoms. The summed E-state index contributed by atoms with van der Waals surface area (Å²) in [6.07, 6.45) is 1.61. The summed E-state index contributed by atoms with van der Waals surface area (Å²) in [5, 5.41) is 13.4. The maximum atomic E-state index is 13.7. The average Bonchev–Trinajstić information content (AvgIpc) is 3.58. The molecule has 0 aliphatic carbocycles. The van der Waals surface area contributed by atoms with Gasteiger partial charge < -0.3 is 14.1 Å². The van der Waals surface area contributed by atoms with Crippen molar-refractivity contribution in [1.82, 2.24) is 30.1 Å². The maximum absolute atomic E-state index is 13.7. The molecule has 0 bridgehead atoms. The summed E-state index contributed by atoms with van der Waals surface area (Å²) in [6.45, 7) is 5.31. The number of tetrazole rings is 1. The maximum Gasteiger partial charge on any atom is 0.252 e. The Kier molecular flexibility index (Phi) is 7.32. The number of nitrogens with zero attached hydrogens (tertiary/aromatic N) is 5. The van der Waals surface area contributed by atoms with Crippen molar-refractivity contribution in [2.45, 2.75) is 39.5 Å². The first kappa shape index (κ1) is 25.3. The molecule has 1 N–H and O–H groups in total. The molecule has 3 heterocycles. The van der Waals surface area contributed by atoms with Crippen molar-refractivity contribution in [2.24, 2.45) is 5.92 Å². The predicted molar refractivity (Wildman–Crippen MR) is 140 cm³/mol. The number of aromatic nitrogens is 5. The predicted octanol–water partition coefficient (Wildman–Crippen LogP) is 4.70. The molecule has 0 spiro atoms. The molecule has 5 aromatic rings. The lowest BCUT2D eigenvalue weighted by Crippen LogP contribution is -2.35. The molecule has 0 aliphatic heterocycles. The minimum Gasteiger partial charge on any atom is -0.497 e. The fourth-order valence-corrected chi connectivity index (χ4v) is 4.74. The van der Waals surface area contributed by atoms with Gasteiger partial charge >= 0.3 is 0 Å². The summed E-state index contributed by atoms with van der Waals surface area (Å²) >= 11 is 0. The van der Waals surface area contributed by atoms with E-state index in [-0.39, 0.29) is 23.3 Å². The third kappa shape index (κ3) is 5.50. The first-order chi connectivity index (χ1) is 18.4. The zero-order chi connectivity index (χ0) is 26.6. The Hall–Kier alpha value is -4.31. The summed E-state index contributed by atoms with van der Waals surface area (Å²) in [5.74, 6) is 1.86. The Balaban J connectivity index is 1.56. The van der Waals surface area contributed by atoms with Crippen LogP contribution >= 0.6 is 0 Å². The van der Waals surface area contributed by atoms with Gasteiger partial charge in [-0.15, -0.1) is 5.10 Å². The van der Waals surface area contributed by atoms with Crippen LogP contribution in [-0.2, 0) is 19.6 Å². The SMILES string of the molecule is COc1ccc2[nH]c(=O)c(CN(Cc3ccc(F)cc3)[C@@H](c3nnnn3Cc3ccco3)C(C)C)cc2c1. The van der Waals surface area contributed by atoms with Crippen LogP contribution in [0.5, 0.6) is 5.75 Å². The molecule has 0 fully saturated rings. The molecule has 0 saturated heterocycles. The molecular formula is C28H29FN6O3. The van der Waals surface area contributed by atoms with Crippen LogP contribution in [0.2, 0.25) is 0 Å². The minimum absolute atomic E-state index is 0.0800. The second-order valence-electron chi connectivity index (χ2n) is 9.57. The summed E-state index contributed by atoms with van der Waals surface area (Å²) in [5.41, 5.74) is 2.04. The largest absolute Gasteiger partial charge is 0.497 e. The standard InChI is InChI=1S/C28H29FN6O3/c1-18(2)26(27-31-32-33-35(27)17-24-5-4-12-38-24)34(15-19-6-8-22(29)9-7-19)16-21-13-20-14-23(37-3)10-11-25(20)30-28(21)36/h4-14,18,26H,15-17H2,1-3H3,(H,30,36)/t26-/m1/s1. The van der Waals surface area contributed by atoms with E-state index >= 15 is 0 Å². The number of fused-ring (bicyclic) bond motifs is 1. The number of benzene rings is 2. The Morgan fingerprint density at radius 3 is 2.63 bits per heavy atom. The number of hydrogen-bond acceptors (Lipinski definition) is 7. The summed E-state index contributed by atoms with van der Waals surface area (Å²) in [7, 11) is 1.61. The van der Waals surface area contributed by atoms with Crippen molar-refractivity contribution in [2.75, 3.05) is 7.11 Å². The molecule has 9 nitrogen and oxygen atoms in total. The van der Waals surface area contributed by atoms with Crippen LogP contribution in [0.4, 0.5) is 4.39 Å². The van der Waals surface area contributed by atoms with E-state index in [9.17, 15) is 9.18 Å². The van der Waals surface area contributed by atoms with Gasteiger partial charge in [-0.2, -0.15) is 0 Å². The third-order valence-corrected chi connectivity index (χ3v) is 6.54. The molecule has 1 atom stereocenters. The number of methoxy groups -OCH3 is 1. The van der Waals surface area contributed by atoms with Gasteiger partial charge in [-0.25, -0.2) is 9.07 Å². The van der Waals surface area contributed by atoms with Gasteiger partial charge in [-0.3, -0.25) is 9.69 Å². The highest BCUT2D eigenvalue weighted by Crippen LogP contribution is 2.31. The monoisotopic (exact) mass is 516 g/mol. The second-order valence-corrected chi connectivity index (χ2v) is 9.57. The normalized spacial score (nSPS) is 12.5. The van der Waals surface area contributed by atoms with Crippen LogP contribution in [0.3, 0.4) is 0 Å². The quantitative estimate of drug-likeness (QED) is 0.287. The average molecular weight is 517 g/mol. The van der Waals surface area contributed by atoms with Gasteiger partial charge in [0.1, 0.15) is 23.9 Å². The first-order valence-electron chi connectivity index (χ1n) is 12.4. The highest BCUT2D eigenvalue weighted by atomic mass is 19.1. The van der Waals surface area contributed by atoms with Crippen LogP contribution < -0.4 is 10.3 Å². The van der Waals surface area contributed by atoms with E-state index in [1.165, 1.54) is 12.1 Å². The number of halogens is 1. The summed E-state index contributed by atoms with van der Waals surface area (Å²) in [4.78, 5) is 18.3. The Morgan fingerprint density at radius 1 is 1.11 bits per heavy atom. The second kappa shape index (κ2) is 11.0. The van der Waals surface area contributed by atoms with Crippen LogP contribution in [-0.4, -0.2) is 37.2 Å². The molecule has 0 amide bonds. The molecule has 5 rings (SSSR count). The van der Waals surface area contributed by atoms with Crippen molar-refractivity contribution in [3.05, 3.63) is 106 Å². The van der Waals surface area contributed by atoms with Gasteiger partial charge in [0, 0.05) is 29.6 Å². The van der Waals surface area contributed by atoms with E-state index in [1.807, 2.05) is 36.4 Å². The van der Waals surface area contributed by atoms with E-state index < -0.39 is 0 Å². The van der Waals surface area contributed by atoms with Crippen molar-refractivity contribution in [1.29, 1.82) is 0 Å². The van der Waals surface area contributed by atoms with E-state index in [0.717, 1.165) is 22.2 Å². The number of rotatable bonds is 10. The van der Waals surface area contributed by atoms with E-state index in [0.29, 0.717) is 36.8 Å². The number of aromatic amines is 1. The van der Waals surface area contributed by atoms with Crippen LogP contribution in [0.1, 0.15) is 42.6 Å². The van der Waals surface area contributed by atoms with Crippen LogP contribution in [0.25, 0.3) is 10.9 Å². The minimum atomic E-state index is -0.303. The molecular weight excluding hydrogens is 487 g/mol. The van der Waals surface area contributed by atoms with Crippen molar-refractivity contribution >= 4 is 10.9 Å². The van der Waals surface area contributed by atoms with Gasteiger partial charge in [0.2, 0.25) is 0 Å². The molecule has 0 radical (unpaired) electrons. The van der Waals surface area contributed by atoms with Gasteiger partial charge in [0.05, 0.1) is 19.4 Å². The van der Waals surface area contributed by atoms with Crippen molar-refractivity contribution < 1.29 is 13.5 Å². The van der Waals surface area contributed by atoms with Gasteiger partial charge in [-0.05, 0) is 70.4 Å². The van der Waals surface area contributed by atoms with E-state index in [2.05, 4.69) is 39.3 Å². The van der Waals surface area contributed by atoms with Crippen molar-refractivity contribution in [3.8, 4) is 5.75 Å². The number of nitrogens with one attached hydrogen (secondary N) is 1. The lowest BCUT2D eigenvalue weighted by Gasteiger charge is -2.33. The lowest BCUT2D eigenvalue weighted by atomic mass is 9.99. The van der Waals surface area contributed by atoms with E-state index in [1.54, 1.807) is 30.2 Å². The fourth-order valence-electron chi connectivity index (χ4n) is 4.74. The Labute approximate surface area is 218 Å². The Morgan fingerprint density at radius 2 is 1.92 bits per heavy atom. The zero-order valence-electron chi connectivity index (χ0n) is 21.5. The number of hydrogen-bond donors (Lipinski definition) is 1. The molecule has 196 valence electrons. The third-order valence-electron chi connectivity index (χ3n) is 6.54. The highest BCUT2D eigenvalue weighted by Gasteiger charge is 2.30. The number of H-pyrrole nitrogens is 1. The molecule has 0 saturated carbocycles. The highest BCUT2D eigenvalue weighted by molar-refractivity contribution is 5.80. The fraction of sp³-hybridized carbons (Fsp3) is 0.286. The zero-order valence-corrected chi connectivity index (χ0v) is 21.5. The first-order valence-corrected chi connectivity index (χ1v) is 12.4. The smallest absolute Gasteiger partial charge is 0.252 e. The molecule has 2 aromatic carbocycles.